The first-order valence-electron chi connectivity index (χ1n) is 5.95. The van der Waals surface area contributed by atoms with Gasteiger partial charge < -0.3 is 5.32 Å². The molecule has 0 amide bonds. The minimum absolute atomic E-state index is 0.716. The van der Waals surface area contributed by atoms with Gasteiger partial charge in [0.2, 0.25) is 0 Å². The molecule has 16 heavy (non-hydrogen) atoms. The van der Waals surface area contributed by atoms with Crippen LogP contribution in [0, 0.1) is 6.92 Å². The normalized spacial score (nSPS) is 25.9. The van der Waals surface area contributed by atoms with Crippen LogP contribution in [0.2, 0.25) is 0 Å². The van der Waals surface area contributed by atoms with Gasteiger partial charge in [-0.25, -0.2) is 4.98 Å². The number of nitrogens with one attached hydrogen (secondary N) is 1. The summed E-state index contributed by atoms with van der Waals surface area (Å²) >= 11 is 3.83. The fourth-order valence-corrected chi connectivity index (χ4v) is 3.85. The summed E-state index contributed by atoms with van der Waals surface area (Å²) in [5, 5.41) is 5.71. The van der Waals surface area contributed by atoms with Gasteiger partial charge in [-0.1, -0.05) is 6.42 Å². The van der Waals surface area contributed by atoms with Crippen molar-refractivity contribution in [2.75, 3.05) is 6.26 Å². The second-order valence-corrected chi connectivity index (χ2v) is 6.91. The molecule has 1 aromatic rings. The first-order chi connectivity index (χ1) is 7.78. The molecule has 4 heteroatoms. The van der Waals surface area contributed by atoms with Gasteiger partial charge in [0.15, 0.2) is 0 Å². The molecule has 90 valence electrons. The van der Waals surface area contributed by atoms with Crippen LogP contribution in [0.4, 0.5) is 0 Å². The highest BCUT2D eigenvalue weighted by Gasteiger charge is 2.20. The lowest BCUT2D eigenvalue weighted by Gasteiger charge is -2.28. The van der Waals surface area contributed by atoms with Crippen LogP contribution in [0.1, 0.15) is 35.6 Å². The molecule has 2 nitrogen and oxygen atoms in total. The van der Waals surface area contributed by atoms with Crippen molar-refractivity contribution in [2.45, 2.75) is 50.4 Å². The van der Waals surface area contributed by atoms with E-state index in [1.54, 1.807) is 11.3 Å². The molecule has 1 saturated carbocycles. The third-order valence-corrected chi connectivity index (χ3v) is 5.20. The predicted octanol–water partition coefficient (Wildman–Crippen LogP) is 3.22. The van der Waals surface area contributed by atoms with Gasteiger partial charge in [-0.15, -0.1) is 11.3 Å². The van der Waals surface area contributed by atoms with E-state index in [1.807, 2.05) is 18.0 Å². The first kappa shape index (κ1) is 12.4. The van der Waals surface area contributed by atoms with E-state index in [2.05, 4.69) is 23.5 Å². The Hall–Kier alpha value is -0.0600. The Morgan fingerprint density at radius 1 is 1.56 bits per heavy atom. The van der Waals surface area contributed by atoms with Gasteiger partial charge in [0.1, 0.15) is 0 Å². The van der Waals surface area contributed by atoms with Crippen LogP contribution in [0.15, 0.2) is 6.20 Å². The Bertz CT molecular complexity index is 325. The monoisotopic (exact) mass is 256 g/mol. The number of hydrogen-bond acceptors (Lipinski definition) is 4. The van der Waals surface area contributed by atoms with E-state index in [0.29, 0.717) is 6.04 Å². The number of nitrogens with zero attached hydrogens (tertiary/aromatic N) is 1. The highest BCUT2D eigenvalue weighted by atomic mass is 32.2. The fraction of sp³-hybridized carbons (Fsp3) is 0.750. The van der Waals surface area contributed by atoms with E-state index in [9.17, 15) is 0 Å². The molecule has 0 saturated heterocycles. The van der Waals surface area contributed by atoms with Crippen molar-refractivity contribution in [3.05, 3.63) is 16.1 Å². The van der Waals surface area contributed by atoms with Crippen molar-refractivity contribution in [3.63, 3.8) is 0 Å². The maximum Gasteiger partial charge on any atom is 0.0897 e. The minimum Gasteiger partial charge on any atom is -0.309 e. The van der Waals surface area contributed by atoms with E-state index < -0.39 is 0 Å². The number of thiazole rings is 1. The topological polar surface area (TPSA) is 24.9 Å². The summed E-state index contributed by atoms with van der Waals surface area (Å²) < 4.78 is 0. The molecule has 2 unspecified atom stereocenters. The van der Waals surface area contributed by atoms with Crippen molar-refractivity contribution in [2.24, 2.45) is 0 Å². The summed E-state index contributed by atoms with van der Waals surface area (Å²) in [6.45, 7) is 3.07. The van der Waals surface area contributed by atoms with E-state index in [4.69, 9.17) is 0 Å². The maximum atomic E-state index is 4.29. The van der Waals surface area contributed by atoms with Crippen molar-refractivity contribution in [1.82, 2.24) is 10.3 Å². The Morgan fingerprint density at radius 2 is 2.44 bits per heavy atom. The molecule has 1 N–H and O–H groups in total. The largest absolute Gasteiger partial charge is 0.309 e. The second kappa shape index (κ2) is 6.03. The lowest BCUT2D eigenvalue weighted by molar-refractivity contribution is 0.381. The third-order valence-electron chi connectivity index (χ3n) is 3.19. The number of rotatable bonds is 4. The van der Waals surface area contributed by atoms with Crippen molar-refractivity contribution < 1.29 is 0 Å². The first-order valence-corrected chi connectivity index (χ1v) is 8.06. The van der Waals surface area contributed by atoms with E-state index in [-0.39, 0.29) is 0 Å². The van der Waals surface area contributed by atoms with Crippen LogP contribution in [-0.4, -0.2) is 22.5 Å². The zero-order valence-corrected chi connectivity index (χ0v) is 11.7. The van der Waals surface area contributed by atoms with Gasteiger partial charge in [-0.05, 0) is 32.4 Å². The molecular formula is C12H20N2S2. The van der Waals surface area contributed by atoms with Crippen LogP contribution >= 0.6 is 23.1 Å². The molecular weight excluding hydrogens is 236 g/mol. The minimum atomic E-state index is 0.716. The van der Waals surface area contributed by atoms with Crippen LogP contribution in [0.25, 0.3) is 0 Å². The molecule has 0 aliphatic heterocycles. The van der Waals surface area contributed by atoms with Crippen LogP contribution in [0.5, 0.6) is 0 Å². The summed E-state index contributed by atoms with van der Waals surface area (Å²) in [4.78, 5) is 5.65. The average Bonchev–Trinajstić information content (AvgIpc) is 2.73. The molecule has 1 fully saturated rings. The smallest absolute Gasteiger partial charge is 0.0897 e. The molecule has 2 atom stereocenters. The quantitative estimate of drug-likeness (QED) is 0.895. The molecule has 2 rings (SSSR count). The molecule has 1 aliphatic rings. The van der Waals surface area contributed by atoms with Crippen molar-refractivity contribution in [3.8, 4) is 0 Å². The van der Waals surface area contributed by atoms with E-state index in [0.717, 1.165) is 11.8 Å². The van der Waals surface area contributed by atoms with Crippen LogP contribution in [0.3, 0.4) is 0 Å². The fourth-order valence-electron chi connectivity index (χ4n) is 2.28. The van der Waals surface area contributed by atoms with Gasteiger partial charge >= 0.3 is 0 Å². The van der Waals surface area contributed by atoms with Gasteiger partial charge in [-0.2, -0.15) is 11.8 Å². The van der Waals surface area contributed by atoms with Crippen molar-refractivity contribution >= 4 is 23.1 Å². The Balaban J connectivity index is 1.77. The molecule has 1 aromatic heterocycles. The Morgan fingerprint density at radius 3 is 3.12 bits per heavy atom. The number of aryl methyl sites for hydroxylation is 1. The van der Waals surface area contributed by atoms with E-state index in [1.165, 1.54) is 35.6 Å². The van der Waals surface area contributed by atoms with Gasteiger partial charge in [0.25, 0.3) is 0 Å². The highest BCUT2D eigenvalue weighted by Crippen LogP contribution is 2.27. The van der Waals surface area contributed by atoms with Gasteiger partial charge in [-0.3, -0.25) is 0 Å². The number of hydrogen-bond donors (Lipinski definition) is 1. The standard InChI is InChI=1S/C12H20N2S2/c1-9-13-7-12(16-9)8-14-10-4-3-5-11(6-10)15-2/h7,10-11,14H,3-6,8H2,1-2H3. The van der Waals surface area contributed by atoms with Gasteiger partial charge in [0, 0.05) is 28.9 Å². The third kappa shape index (κ3) is 3.47. The van der Waals surface area contributed by atoms with Crippen LogP contribution < -0.4 is 5.32 Å². The van der Waals surface area contributed by atoms with Crippen LogP contribution in [-0.2, 0) is 6.54 Å². The van der Waals surface area contributed by atoms with Crippen molar-refractivity contribution in [1.29, 1.82) is 0 Å². The lowest BCUT2D eigenvalue weighted by Crippen LogP contribution is -2.34. The summed E-state index contributed by atoms with van der Waals surface area (Å²) in [6.07, 6.45) is 9.69. The van der Waals surface area contributed by atoms with Gasteiger partial charge in [0.05, 0.1) is 5.01 Å². The SMILES string of the molecule is CSC1CCCC(NCc2cnc(C)s2)C1. The molecule has 0 radical (unpaired) electrons. The molecule has 0 aromatic carbocycles. The zero-order chi connectivity index (χ0) is 11.4. The average molecular weight is 256 g/mol. The maximum absolute atomic E-state index is 4.29. The summed E-state index contributed by atoms with van der Waals surface area (Å²) in [5.41, 5.74) is 0. The Labute approximate surface area is 106 Å². The second-order valence-electron chi connectivity index (χ2n) is 4.45. The molecule has 1 aliphatic carbocycles. The van der Waals surface area contributed by atoms with E-state index >= 15 is 0 Å². The highest BCUT2D eigenvalue weighted by molar-refractivity contribution is 7.99. The summed E-state index contributed by atoms with van der Waals surface area (Å²) in [6, 6.07) is 0.716. The summed E-state index contributed by atoms with van der Waals surface area (Å²) in [5.74, 6) is 0. The predicted molar refractivity (Wildman–Crippen MR) is 73.2 cm³/mol. The Kier molecular flexibility index (Phi) is 4.67. The lowest BCUT2D eigenvalue weighted by atomic mass is 9.95. The number of aromatic nitrogens is 1. The molecule has 0 bridgehead atoms. The molecule has 0 spiro atoms. The zero-order valence-electron chi connectivity index (χ0n) is 10.0. The molecule has 1 heterocycles. The number of thioether (sulfide) groups is 1. The summed E-state index contributed by atoms with van der Waals surface area (Å²) in [7, 11) is 0.